The highest BCUT2D eigenvalue weighted by molar-refractivity contribution is 5.35. The molecule has 2 heteroatoms. The minimum Gasteiger partial charge on any atom is -0.388 e. The van der Waals surface area contributed by atoms with Gasteiger partial charge >= 0.3 is 0 Å². The third-order valence-electron chi connectivity index (χ3n) is 5.94. The number of fused-ring (bicyclic) bond motifs is 1. The molecule has 2 nitrogen and oxygen atoms in total. The lowest BCUT2D eigenvalue weighted by molar-refractivity contribution is -0.102. The average Bonchev–Trinajstić information content (AvgIpc) is 2.54. The molecule has 3 rings (SSSR count). The number of hydrogen-bond acceptors (Lipinski definition) is 2. The molecule has 0 bridgehead atoms. The SMILES string of the molecule is CCC1CCCC(O)(C2(C#N)CCc3ccccc3C2)C1. The van der Waals surface area contributed by atoms with E-state index in [0.717, 1.165) is 38.5 Å². The van der Waals surface area contributed by atoms with Crippen molar-refractivity contribution < 1.29 is 5.11 Å². The molecule has 3 unspecified atom stereocenters. The second kappa shape index (κ2) is 5.46. The summed E-state index contributed by atoms with van der Waals surface area (Å²) in [6, 6.07) is 11.0. The summed E-state index contributed by atoms with van der Waals surface area (Å²) in [5, 5.41) is 21.3. The normalized spacial score (nSPS) is 35.8. The van der Waals surface area contributed by atoms with Gasteiger partial charge in [0, 0.05) is 0 Å². The Kier molecular flexibility index (Phi) is 3.80. The highest BCUT2D eigenvalue weighted by Crippen LogP contribution is 2.51. The fourth-order valence-corrected chi connectivity index (χ4v) is 4.48. The van der Waals surface area contributed by atoms with Gasteiger partial charge < -0.3 is 5.11 Å². The first-order valence-corrected chi connectivity index (χ1v) is 8.33. The summed E-state index contributed by atoms with van der Waals surface area (Å²) >= 11 is 0. The van der Waals surface area contributed by atoms with Crippen molar-refractivity contribution in [3.8, 4) is 6.07 Å². The van der Waals surface area contributed by atoms with Crippen molar-refractivity contribution in [3.05, 3.63) is 35.4 Å². The number of rotatable bonds is 2. The fraction of sp³-hybridized carbons (Fsp3) is 0.632. The number of nitrogens with zero attached hydrogens (tertiary/aromatic N) is 1. The van der Waals surface area contributed by atoms with E-state index in [-0.39, 0.29) is 0 Å². The highest BCUT2D eigenvalue weighted by Gasteiger charge is 2.53. The third-order valence-corrected chi connectivity index (χ3v) is 5.94. The zero-order valence-corrected chi connectivity index (χ0v) is 12.9. The number of benzene rings is 1. The topological polar surface area (TPSA) is 44.0 Å². The quantitative estimate of drug-likeness (QED) is 0.891. The van der Waals surface area contributed by atoms with Crippen LogP contribution in [0, 0.1) is 22.7 Å². The summed E-state index contributed by atoms with van der Waals surface area (Å²) < 4.78 is 0. The van der Waals surface area contributed by atoms with Gasteiger partial charge in [-0.25, -0.2) is 0 Å². The predicted molar refractivity (Wildman–Crippen MR) is 83.7 cm³/mol. The molecule has 1 saturated carbocycles. The van der Waals surface area contributed by atoms with Crippen molar-refractivity contribution in [3.63, 3.8) is 0 Å². The van der Waals surface area contributed by atoms with Crippen LogP contribution in [-0.2, 0) is 12.8 Å². The maximum Gasteiger partial charge on any atom is 0.0903 e. The van der Waals surface area contributed by atoms with Gasteiger partial charge in [0.2, 0.25) is 0 Å². The lowest BCUT2D eigenvalue weighted by Crippen LogP contribution is -2.53. The molecule has 0 aromatic heterocycles. The number of nitriles is 1. The van der Waals surface area contributed by atoms with E-state index in [1.165, 1.54) is 17.5 Å². The van der Waals surface area contributed by atoms with Gasteiger partial charge in [0.1, 0.15) is 0 Å². The largest absolute Gasteiger partial charge is 0.388 e. The van der Waals surface area contributed by atoms with Crippen LogP contribution in [0.25, 0.3) is 0 Å². The molecule has 0 amide bonds. The molecular weight excluding hydrogens is 258 g/mol. The van der Waals surface area contributed by atoms with E-state index in [2.05, 4.69) is 31.2 Å². The Morgan fingerprint density at radius 3 is 2.76 bits per heavy atom. The molecule has 1 N–H and O–H groups in total. The minimum atomic E-state index is -0.797. The summed E-state index contributed by atoms with van der Waals surface area (Å²) in [5.74, 6) is 0.575. The van der Waals surface area contributed by atoms with Crippen LogP contribution in [0.15, 0.2) is 24.3 Å². The summed E-state index contributed by atoms with van der Waals surface area (Å²) in [5.41, 5.74) is 1.23. The van der Waals surface area contributed by atoms with E-state index in [9.17, 15) is 10.4 Å². The maximum atomic E-state index is 11.4. The average molecular weight is 283 g/mol. The van der Waals surface area contributed by atoms with Crippen molar-refractivity contribution in [1.29, 1.82) is 5.26 Å². The standard InChI is InChI=1S/C19H25NO/c1-2-15-6-5-10-19(21,12-15)18(14-20)11-9-16-7-3-4-8-17(16)13-18/h3-4,7-8,15,21H,2,5-6,9-13H2,1H3. The zero-order valence-electron chi connectivity index (χ0n) is 12.9. The van der Waals surface area contributed by atoms with Crippen molar-refractivity contribution >= 4 is 0 Å². The Hall–Kier alpha value is -1.33. The summed E-state index contributed by atoms with van der Waals surface area (Å²) in [7, 11) is 0. The predicted octanol–water partition coefficient (Wildman–Crippen LogP) is 4.02. The lowest BCUT2D eigenvalue weighted by Gasteiger charge is -2.49. The van der Waals surface area contributed by atoms with Crippen molar-refractivity contribution in [2.45, 2.75) is 63.9 Å². The van der Waals surface area contributed by atoms with E-state index < -0.39 is 11.0 Å². The number of aliphatic hydroxyl groups is 1. The Bertz CT molecular complexity index is 561. The van der Waals surface area contributed by atoms with E-state index in [0.29, 0.717) is 12.3 Å². The zero-order chi connectivity index (χ0) is 14.9. The van der Waals surface area contributed by atoms with E-state index in [1.54, 1.807) is 0 Å². The van der Waals surface area contributed by atoms with Crippen LogP contribution >= 0.6 is 0 Å². The monoisotopic (exact) mass is 283 g/mol. The minimum absolute atomic E-state index is 0.575. The molecule has 2 aliphatic carbocycles. The number of aryl methyl sites for hydroxylation is 1. The lowest BCUT2D eigenvalue weighted by atomic mass is 9.57. The van der Waals surface area contributed by atoms with Gasteiger partial charge in [-0.3, -0.25) is 0 Å². The second-order valence-corrected chi connectivity index (χ2v) is 7.04. The third kappa shape index (κ3) is 2.38. The molecule has 0 aliphatic heterocycles. The van der Waals surface area contributed by atoms with Crippen molar-refractivity contribution in [1.82, 2.24) is 0 Å². The second-order valence-electron chi connectivity index (χ2n) is 7.04. The van der Waals surface area contributed by atoms with Crippen LogP contribution in [0.4, 0.5) is 0 Å². The van der Waals surface area contributed by atoms with Gasteiger partial charge in [0.25, 0.3) is 0 Å². The van der Waals surface area contributed by atoms with Crippen LogP contribution in [-0.4, -0.2) is 10.7 Å². The number of hydrogen-bond donors (Lipinski definition) is 1. The van der Waals surface area contributed by atoms with Crippen LogP contribution < -0.4 is 0 Å². The van der Waals surface area contributed by atoms with Gasteiger partial charge in [0.15, 0.2) is 0 Å². The summed E-state index contributed by atoms with van der Waals surface area (Å²) in [6.07, 6.45) is 7.40. The maximum absolute atomic E-state index is 11.4. The molecule has 0 saturated heterocycles. The van der Waals surface area contributed by atoms with Crippen LogP contribution in [0.2, 0.25) is 0 Å². The molecule has 21 heavy (non-hydrogen) atoms. The smallest absolute Gasteiger partial charge is 0.0903 e. The summed E-state index contributed by atoms with van der Waals surface area (Å²) in [6.45, 7) is 2.20. The van der Waals surface area contributed by atoms with E-state index in [1.807, 2.05) is 6.07 Å². The fourth-order valence-electron chi connectivity index (χ4n) is 4.48. The highest BCUT2D eigenvalue weighted by atomic mass is 16.3. The molecule has 3 atom stereocenters. The first-order valence-electron chi connectivity index (χ1n) is 8.33. The molecular formula is C19H25NO. The molecule has 0 spiro atoms. The van der Waals surface area contributed by atoms with Gasteiger partial charge in [0.05, 0.1) is 17.1 Å². The van der Waals surface area contributed by atoms with Gasteiger partial charge in [-0.05, 0) is 49.1 Å². The molecule has 112 valence electrons. The van der Waals surface area contributed by atoms with E-state index >= 15 is 0 Å². The van der Waals surface area contributed by atoms with Gasteiger partial charge in [-0.15, -0.1) is 0 Å². The Morgan fingerprint density at radius 2 is 2.05 bits per heavy atom. The first kappa shape index (κ1) is 14.6. The van der Waals surface area contributed by atoms with Gasteiger partial charge in [-0.2, -0.15) is 5.26 Å². The van der Waals surface area contributed by atoms with Crippen LogP contribution in [0.5, 0.6) is 0 Å². The Balaban J connectivity index is 1.93. The van der Waals surface area contributed by atoms with Crippen molar-refractivity contribution in [2.75, 3.05) is 0 Å². The Labute approximate surface area is 127 Å². The Morgan fingerprint density at radius 1 is 1.29 bits per heavy atom. The molecule has 1 aromatic carbocycles. The van der Waals surface area contributed by atoms with Crippen LogP contribution in [0.3, 0.4) is 0 Å². The van der Waals surface area contributed by atoms with Gasteiger partial charge in [-0.1, -0.05) is 50.5 Å². The molecule has 0 heterocycles. The summed E-state index contributed by atoms with van der Waals surface area (Å²) in [4.78, 5) is 0. The molecule has 0 radical (unpaired) electrons. The first-order chi connectivity index (χ1) is 10.1. The molecule has 1 aromatic rings. The van der Waals surface area contributed by atoms with E-state index in [4.69, 9.17) is 0 Å². The molecule has 1 fully saturated rings. The molecule has 2 aliphatic rings. The van der Waals surface area contributed by atoms with Crippen molar-refractivity contribution in [2.24, 2.45) is 11.3 Å². The van der Waals surface area contributed by atoms with Crippen LogP contribution in [0.1, 0.15) is 56.6 Å².